The number of rotatable bonds is 6. The van der Waals surface area contributed by atoms with Crippen LogP contribution in [0.5, 0.6) is 0 Å². The first-order valence-electron chi connectivity index (χ1n) is 11.9. The van der Waals surface area contributed by atoms with Gasteiger partial charge in [0.2, 0.25) is 0 Å². The summed E-state index contributed by atoms with van der Waals surface area (Å²) >= 11 is 0. The summed E-state index contributed by atoms with van der Waals surface area (Å²) in [5.74, 6) is 0.809. The van der Waals surface area contributed by atoms with Crippen LogP contribution < -0.4 is 10.6 Å². The number of carbonyl (C=O) groups excluding carboxylic acids is 1. The van der Waals surface area contributed by atoms with E-state index in [1.54, 1.807) is 11.9 Å². The third kappa shape index (κ3) is 7.73. The maximum absolute atomic E-state index is 11.8. The standard InChI is InChI=1S/C24H39N5O2/c1-3-31-24(30)29-16-12-22(13-17-29)27-23(25-2)26-18-20-8-10-21(11-9-20)19-28-14-6-4-5-7-15-28/h8-11,22H,3-7,12-19H2,1-2H3,(H2,25,26,27). The quantitative estimate of drug-likeness (QED) is 0.536. The number of guanidine groups is 1. The van der Waals surface area contributed by atoms with Gasteiger partial charge in [0.25, 0.3) is 0 Å². The van der Waals surface area contributed by atoms with Gasteiger partial charge in [0.1, 0.15) is 0 Å². The molecule has 3 rings (SSSR count). The molecule has 2 fully saturated rings. The summed E-state index contributed by atoms with van der Waals surface area (Å²) in [6.07, 6.45) is 6.99. The van der Waals surface area contributed by atoms with E-state index >= 15 is 0 Å². The Morgan fingerprint density at radius 1 is 1.03 bits per heavy atom. The normalized spacial score (nSPS) is 19.0. The summed E-state index contributed by atoms with van der Waals surface area (Å²) in [7, 11) is 1.80. The van der Waals surface area contributed by atoms with Gasteiger partial charge in [-0.1, -0.05) is 37.1 Å². The molecule has 0 radical (unpaired) electrons. The predicted molar refractivity (Wildman–Crippen MR) is 125 cm³/mol. The third-order valence-corrected chi connectivity index (χ3v) is 6.17. The Labute approximate surface area is 187 Å². The van der Waals surface area contributed by atoms with Gasteiger partial charge in [-0.15, -0.1) is 0 Å². The molecule has 2 aliphatic rings. The first-order valence-corrected chi connectivity index (χ1v) is 11.9. The number of aliphatic imine (C=N–C) groups is 1. The molecule has 0 aromatic heterocycles. The Hall–Kier alpha value is -2.28. The van der Waals surface area contributed by atoms with Crippen molar-refractivity contribution in [3.8, 4) is 0 Å². The van der Waals surface area contributed by atoms with Gasteiger partial charge in [-0.2, -0.15) is 0 Å². The van der Waals surface area contributed by atoms with E-state index in [2.05, 4.69) is 44.8 Å². The molecular weight excluding hydrogens is 390 g/mol. The van der Waals surface area contributed by atoms with Gasteiger partial charge in [0.15, 0.2) is 5.96 Å². The van der Waals surface area contributed by atoms with Crippen molar-refractivity contribution in [3.05, 3.63) is 35.4 Å². The summed E-state index contributed by atoms with van der Waals surface area (Å²) in [4.78, 5) is 20.6. The smallest absolute Gasteiger partial charge is 0.409 e. The lowest BCUT2D eigenvalue weighted by molar-refractivity contribution is 0.0963. The highest BCUT2D eigenvalue weighted by atomic mass is 16.6. The van der Waals surface area contributed by atoms with Crippen molar-refractivity contribution in [3.63, 3.8) is 0 Å². The third-order valence-electron chi connectivity index (χ3n) is 6.17. The van der Waals surface area contributed by atoms with Gasteiger partial charge in [-0.05, 0) is 56.8 Å². The molecule has 2 N–H and O–H groups in total. The Morgan fingerprint density at radius 2 is 1.68 bits per heavy atom. The number of piperidine rings is 1. The van der Waals surface area contributed by atoms with Gasteiger partial charge in [0.05, 0.1) is 6.61 Å². The molecule has 0 aliphatic carbocycles. The van der Waals surface area contributed by atoms with E-state index in [9.17, 15) is 4.79 Å². The zero-order valence-corrected chi connectivity index (χ0v) is 19.2. The minimum absolute atomic E-state index is 0.206. The zero-order chi connectivity index (χ0) is 21.9. The molecule has 0 saturated carbocycles. The molecule has 2 saturated heterocycles. The Kier molecular flexibility index (Phi) is 9.46. The minimum Gasteiger partial charge on any atom is -0.450 e. The fraction of sp³-hybridized carbons (Fsp3) is 0.667. The van der Waals surface area contributed by atoms with Gasteiger partial charge in [-0.25, -0.2) is 4.79 Å². The molecule has 7 nitrogen and oxygen atoms in total. The van der Waals surface area contributed by atoms with Gasteiger partial charge in [-0.3, -0.25) is 9.89 Å². The lowest BCUT2D eigenvalue weighted by atomic mass is 10.1. The van der Waals surface area contributed by atoms with Crippen LogP contribution in [0, 0.1) is 0 Å². The summed E-state index contributed by atoms with van der Waals surface area (Å²) in [6, 6.07) is 9.25. The monoisotopic (exact) mass is 429 g/mol. The van der Waals surface area contributed by atoms with Crippen molar-refractivity contribution in [1.29, 1.82) is 0 Å². The molecular formula is C24H39N5O2. The highest BCUT2D eigenvalue weighted by Crippen LogP contribution is 2.14. The molecule has 0 spiro atoms. The number of amides is 1. The zero-order valence-electron chi connectivity index (χ0n) is 19.2. The van der Waals surface area contributed by atoms with E-state index in [1.807, 2.05) is 6.92 Å². The molecule has 0 atom stereocenters. The van der Waals surface area contributed by atoms with Crippen LogP contribution in [-0.4, -0.2) is 67.7 Å². The minimum atomic E-state index is -0.206. The van der Waals surface area contributed by atoms with Crippen LogP contribution in [0.3, 0.4) is 0 Å². The van der Waals surface area contributed by atoms with Crippen LogP contribution in [0.4, 0.5) is 4.79 Å². The Balaban J connectivity index is 1.40. The van der Waals surface area contributed by atoms with Crippen molar-refractivity contribution < 1.29 is 9.53 Å². The van der Waals surface area contributed by atoms with Crippen molar-refractivity contribution in [2.45, 2.75) is 64.6 Å². The average molecular weight is 430 g/mol. The molecule has 2 aliphatic heterocycles. The molecule has 0 unspecified atom stereocenters. The summed E-state index contributed by atoms with van der Waals surface area (Å²) in [5, 5.41) is 6.91. The van der Waals surface area contributed by atoms with Crippen LogP contribution in [0.25, 0.3) is 0 Å². The number of nitrogens with zero attached hydrogens (tertiary/aromatic N) is 3. The number of hydrogen-bond acceptors (Lipinski definition) is 4. The fourth-order valence-corrected chi connectivity index (χ4v) is 4.31. The van der Waals surface area contributed by atoms with Crippen molar-refractivity contribution >= 4 is 12.1 Å². The second-order valence-electron chi connectivity index (χ2n) is 8.54. The topological polar surface area (TPSA) is 69.2 Å². The van der Waals surface area contributed by atoms with E-state index in [4.69, 9.17) is 4.74 Å². The van der Waals surface area contributed by atoms with E-state index in [1.165, 1.54) is 49.9 Å². The molecule has 172 valence electrons. The molecule has 2 heterocycles. The molecule has 1 aromatic rings. The highest BCUT2D eigenvalue weighted by molar-refractivity contribution is 5.80. The number of nitrogens with one attached hydrogen (secondary N) is 2. The first kappa shape index (κ1) is 23.4. The summed E-state index contributed by atoms with van der Waals surface area (Å²) in [5.41, 5.74) is 2.64. The maximum atomic E-state index is 11.8. The molecule has 1 aromatic carbocycles. The van der Waals surface area contributed by atoms with Gasteiger partial charge < -0.3 is 20.3 Å². The molecule has 7 heteroatoms. The lowest BCUT2D eigenvalue weighted by Gasteiger charge is -2.32. The van der Waals surface area contributed by atoms with Crippen molar-refractivity contribution in [1.82, 2.24) is 20.4 Å². The van der Waals surface area contributed by atoms with Crippen LogP contribution in [0.1, 0.15) is 56.6 Å². The van der Waals surface area contributed by atoms with Crippen LogP contribution in [0.2, 0.25) is 0 Å². The van der Waals surface area contributed by atoms with Crippen molar-refractivity contribution in [2.24, 2.45) is 4.99 Å². The predicted octanol–water partition coefficient (Wildman–Crippen LogP) is 3.35. The second-order valence-corrected chi connectivity index (χ2v) is 8.54. The second kappa shape index (κ2) is 12.5. The van der Waals surface area contributed by atoms with Crippen LogP contribution in [-0.2, 0) is 17.8 Å². The van der Waals surface area contributed by atoms with Crippen LogP contribution >= 0.6 is 0 Å². The lowest BCUT2D eigenvalue weighted by Crippen LogP contribution is -2.49. The number of likely N-dealkylation sites (tertiary alicyclic amines) is 2. The number of hydrogen-bond donors (Lipinski definition) is 2. The van der Waals surface area contributed by atoms with E-state index in [0.717, 1.165) is 31.9 Å². The van der Waals surface area contributed by atoms with E-state index in [-0.39, 0.29) is 6.09 Å². The van der Waals surface area contributed by atoms with E-state index in [0.29, 0.717) is 25.7 Å². The van der Waals surface area contributed by atoms with Gasteiger partial charge >= 0.3 is 6.09 Å². The molecule has 31 heavy (non-hydrogen) atoms. The molecule has 1 amide bonds. The number of carbonyl (C=O) groups is 1. The summed E-state index contributed by atoms with van der Waals surface area (Å²) < 4.78 is 5.09. The maximum Gasteiger partial charge on any atom is 0.409 e. The fourth-order valence-electron chi connectivity index (χ4n) is 4.31. The Morgan fingerprint density at radius 3 is 2.29 bits per heavy atom. The SMILES string of the molecule is CCOC(=O)N1CCC(NC(=NC)NCc2ccc(CN3CCCCCC3)cc2)CC1. The molecule has 0 bridgehead atoms. The number of benzene rings is 1. The average Bonchev–Trinajstić information content (AvgIpc) is 3.07. The van der Waals surface area contributed by atoms with E-state index < -0.39 is 0 Å². The largest absolute Gasteiger partial charge is 0.450 e. The number of ether oxygens (including phenoxy) is 1. The van der Waals surface area contributed by atoms with Crippen molar-refractivity contribution in [2.75, 3.05) is 39.8 Å². The van der Waals surface area contributed by atoms with Crippen LogP contribution in [0.15, 0.2) is 29.3 Å². The Bertz CT molecular complexity index is 690. The van der Waals surface area contributed by atoms with Gasteiger partial charge in [0, 0.05) is 39.3 Å². The summed E-state index contributed by atoms with van der Waals surface area (Å²) in [6.45, 7) is 7.94. The first-order chi connectivity index (χ1) is 15.2. The highest BCUT2D eigenvalue weighted by Gasteiger charge is 2.24.